The van der Waals surface area contributed by atoms with Gasteiger partial charge in [-0.25, -0.2) is 0 Å². The number of carbonyl (C=O) groups excluding carboxylic acids is 1. The molecule has 2 N–H and O–H groups in total. The molecule has 0 aromatic heterocycles. The molecular weight excluding hydrogens is 512 g/mol. The molecule has 0 spiro atoms. The van der Waals surface area contributed by atoms with E-state index in [2.05, 4.69) is 33.5 Å². The van der Waals surface area contributed by atoms with Crippen LogP contribution in [0.1, 0.15) is 48.5 Å². The number of anilines is 1. The summed E-state index contributed by atoms with van der Waals surface area (Å²) in [6.07, 6.45) is 4.41. The molecule has 7 heteroatoms. The third-order valence-corrected chi connectivity index (χ3v) is 5.73. The molecule has 34 heavy (non-hydrogen) atoms. The summed E-state index contributed by atoms with van der Waals surface area (Å²) in [4.78, 5) is 12.9. The topological polar surface area (TPSA) is 59.6 Å². The van der Waals surface area contributed by atoms with Gasteiger partial charge in [0.1, 0.15) is 18.1 Å². The van der Waals surface area contributed by atoms with E-state index in [-0.39, 0.29) is 11.0 Å². The van der Waals surface area contributed by atoms with Crippen LogP contribution < -0.4 is 20.1 Å². The minimum absolute atomic E-state index is 0.205. The second-order valence-corrected chi connectivity index (χ2v) is 9.08. The Kier molecular flexibility index (Phi) is 10.4. The minimum atomic E-state index is -0.329. The third-order valence-electron chi connectivity index (χ3n) is 5.03. The van der Waals surface area contributed by atoms with Gasteiger partial charge in [-0.15, -0.1) is 0 Å². The molecule has 0 radical (unpaired) electrons. The highest BCUT2D eigenvalue weighted by Gasteiger charge is 2.15. The second kappa shape index (κ2) is 13.7. The molecule has 0 aliphatic rings. The first kappa shape index (κ1) is 25.7. The highest BCUT2D eigenvalue weighted by Crippen LogP contribution is 2.24. The van der Waals surface area contributed by atoms with Crippen molar-refractivity contribution in [1.29, 1.82) is 0 Å². The van der Waals surface area contributed by atoms with E-state index < -0.39 is 0 Å². The number of unbranched alkanes of at least 4 members (excludes halogenated alkanes) is 3. The predicted molar refractivity (Wildman–Crippen MR) is 145 cm³/mol. The zero-order valence-corrected chi connectivity index (χ0v) is 21.6. The number of amides is 1. The molecule has 0 atom stereocenters. The molecule has 5 nitrogen and oxygen atoms in total. The second-order valence-electron chi connectivity index (χ2n) is 7.76. The lowest BCUT2D eigenvalue weighted by molar-refractivity contribution is 0.0973. The zero-order valence-electron chi connectivity index (χ0n) is 19.2. The summed E-state index contributed by atoms with van der Waals surface area (Å²) >= 11 is 8.77. The monoisotopic (exact) mass is 540 g/mol. The van der Waals surface area contributed by atoms with Crippen molar-refractivity contribution in [3.8, 4) is 11.5 Å². The highest BCUT2D eigenvalue weighted by atomic mass is 79.9. The first-order valence-corrected chi connectivity index (χ1v) is 12.6. The van der Waals surface area contributed by atoms with Gasteiger partial charge in [0.2, 0.25) is 0 Å². The lowest BCUT2D eigenvalue weighted by Crippen LogP contribution is -2.34. The number of hydrogen-bond acceptors (Lipinski definition) is 4. The van der Waals surface area contributed by atoms with Crippen molar-refractivity contribution in [2.24, 2.45) is 0 Å². The van der Waals surface area contributed by atoms with Gasteiger partial charge in [-0.2, -0.15) is 0 Å². The molecule has 0 heterocycles. The fourth-order valence-electron chi connectivity index (χ4n) is 3.22. The first-order valence-electron chi connectivity index (χ1n) is 11.4. The van der Waals surface area contributed by atoms with Crippen molar-refractivity contribution in [2.45, 2.75) is 39.2 Å². The van der Waals surface area contributed by atoms with Gasteiger partial charge in [0.05, 0.1) is 12.2 Å². The molecule has 3 aromatic rings. The van der Waals surface area contributed by atoms with Crippen LogP contribution in [0.25, 0.3) is 0 Å². The van der Waals surface area contributed by atoms with Crippen molar-refractivity contribution >= 4 is 44.9 Å². The number of thiocarbonyl (C=S) groups is 1. The van der Waals surface area contributed by atoms with E-state index >= 15 is 0 Å². The number of hydrogen-bond donors (Lipinski definition) is 2. The lowest BCUT2D eigenvalue weighted by atomic mass is 10.2. The maximum atomic E-state index is 12.9. The molecule has 3 aromatic carbocycles. The standard InChI is InChI=1S/C27H29BrN2O3S/c1-2-3-4-8-17-32-25-16-11-21(28)18-24(25)26(31)30-27(34)29-22-12-14-23(15-13-22)33-19-20-9-6-5-7-10-20/h5-7,9-16,18H,2-4,8,17,19H2,1H3,(H2,29,30,31,34). The van der Waals surface area contributed by atoms with Gasteiger partial charge in [0.25, 0.3) is 5.91 Å². The molecule has 0 unspecified atom stereocenters. The van der Waals surface area contributed by atoms with Crippen LogP contribution in [0, 0.1) is 0 Å². The van der Waals surface area contributed by atoms with Crippen LogP contribution in [-0.4, -0.2) is 17.6 Å². The first-order chi connectivity index (χ1) is 16.5. The summed E-state index contributed by atoms with van der Waals surface area (Å²) in [7, 11) is 0. The molecule has 1 amide bonds. The molecule has 3 rings (SSSR count). The Balaban J connectivity index is 1.52. The predicted octanol–water partition coefficient (Wildman–Crippen LogP) is 7.11. The smallest absolute Gasteiger partial charge is 0.261 e. The minimum Gasteiger partial charge on any atom is -0.493 e. The summed E-state index contributed by atoms with van der Waals surface area (Å²) in [6, 6.07) is 22.8. The van der Waals surface area contributed by atoms with E-state index in [9.17, 15) is 4.79 Å². The molecule has 0 saturated carbocycles. The van der Waals surface area contributed by atoms with Crippen LogP contribution in [0.2, 0.25) is 0 Å². The van der Waals surface area contributed by atoms with Gasteiger partial charge in [-0.3, -0.25) is 10.1 Å². The summed E-state index contributed by atoms with van der Waals surface area (Å²) in [5.41, 5.74) is 2.28. The van der Waals surface area contributed by atoms with Crippen LogP contribution in [0.15, 0.2) is 77.3 Å². The Hall–Kier alpha value is -2.90. The van der Waals surface area contributed by atoms with Crippen LogP contribution in [0.4, 0.5) is 5.69 Å². The van der Waals surface area contributed by atoms with Crippen molar-refractivity contribution in [3.63, 3.8) is 0 Å². The summed E-state index contributed by atoms with van der Waals surface area (Å²) < 4.78 is 12.5. The molecular formula is C27H29BrN2O3S. The third kappa shape index (κ3) is 8.47. The average molecular weight is 542 g/mol. The lowest BCUT2D eigenvalue weighted by Gasteiger charge is -2.14. The van der Waals surface area contributed by atoms with E-state index in [4.69, 9.17) is 21.7 Å². The number of ether oxygens (including phenoxy) is 2. The number of halogens is 1. The SMILES string of the molecule is CCCCCCOc1ccc(Br)cc1C(=O)NC(=S)Nc1ccc(OCc2ccccc2)cc1. The largest absolute Gasteiger partial charge is 0.493 e. The summed E-state index contributed by atoms with van der Waals surface area (Å²) in [6.45, 7) is 3.24. The highest BCUT2D eigenvalue weighted by molar-refractivity contribution is 9.10. The van der Waals surface area contributed by atoms with Crippen LogP contribution in [0.3, 0.4) is 0 Å². The quantitative estimate of drug-likeness (QED) is 0.200. The summed E-state index contributed by atoms with van der Waals surface area (Å²) in [5, 5.41) is 5.97. The van der Waals surface area contributed by atoms with Gasteiger partial charge in [-0.1, -0.05) is 72.4 Å². The normalized spacial score (nSPS) is 10.4. The molecule has 0 aliphatic carbocycles. The van der Waals surface area contributed by atoms with Gasteiger partial charge in [0, 0.05) is 10.2 Å². The van der Waals surface area contributed by atoms with Crippen LogP contribution in [-0.2, 0) is 6.61 Å². The molecule has 178 valence electrons. The Morgan fingerprint density at radius 1 is 0.941 bits per heavy atom. The number of rotatable bonds is 11. The number of nitrogens with one attached hydrogen (secondary N) is 2. The Bertz CT molecular complexity index is 1070. The number of carbonyl (C=O) groups is 1. The molecule has 0 fully saturated rings. The Labute approximate surface area is 215 Å². The fraction of sp³-hybridized carbons (Fsp3) is 0.259. The zero-order chi connectivity index (χ0) is 24.2. The average Bonchev–Trinajstić information content (AvgIpc) is 2.84. The molecule has 0 saturated heterocycles. The van der Waals surface area contributed by atoms with E-state index in [1.807, 2.05) is 60.7 Å². The molecule has 0 aliphatic heterocycles. The van der Waals surface area contributed by atoms with Crippen molar-refractivity contribution < 1.29 is 14.3 Å². The maximum Gasteiger partial charge on any atom is 0.261 e. The maximum absolute atomic E-state index is 12.9. The molecule has 0 bridgehead atoms. The number of benzene rings is 3. The van der Waals surface area contributed by atoms with Crippen molar-refractivity contribution in [3.05, 3.63) is 88.4 Å². The van der Waals surface area contributed by atoms with E-state index in [0.29, 0.717) is 24.5 Å². The van der Waals surface area contributed by atoms with Gasteiger partial charge in [-0.05, 0) is 66.7 Å². The fourth-order valence-corrected chi connectivity index (χ4v) is 3.80. The van der Waals surface area contributed by atoms with E-state index in [1.165, 1.54) is 12.8 Å². The van der Waals surface area contributed by atoms with Crippen molar-refractivity contribution in [1.82, 2.24) is 5.32 Å². The van der Waals surface area contributed by atoms with Crippen LogP contribution in [0.5, 0.6) is 11.5 Å². The van der Waals surface area contributed by atoms with E-state index in [0.717, 1.165) is 34.3 Å². The van der Waals surface area contributed by atoms with Gasteiger partial charge in [0.15, 0.2) is 5.11 Å². The van der Waals surface area contributed by atoms with Gasteiger partial charge >= 0.3 is 0 Å². The van der Waals surface area contributed by atoms with Crippen LogP contribution >= 0.6 is 28.1 Å². The Morgan fingerprint density at radius 2 is 1.71 bits per heavy atom. The van der Waals surface area contributed by atoms with E-state index in [1.54, 1.807) is 12.1 Å². The summed E-state index contributed by atoms with van der Waals surface area (Å²) in [5.74, 6) is 0.962. The Morgan fingerprint density at radius 3 is 2.44 bits per heavy atom. The van der Waals surface area contributed by atoms with Crippen molar-refractivity contribution in [2.75, 3.05) is 11.9 Å². The van der Waals surface area contributed by atoms with Gasteiger partial charge < -0.3 is 14.8 Å².